The molecule has 4 heteroatoms. The molecule has 1 aromatic rings. The summed E-state index contributed by atoms with van der Waals surface area (Å²) in [6.07, 6.45) is 3.17. The third kappa shape index (κ3) is 3.13. The van der Waals surface area contributed by atoms with Crippen molar-refractivity contribution in [3.63, 3.8) is 0 Å². The maximum Gasteiger partial charge on any atom is 0.310 e. The first-order chi connectivity index (χ1) is 8.99. The zero-order valence-corrected chi connectivity index (χ0v) is 11.0. The van der Waals surface area contributed by atoms with Crippen molar-refractivity contribution in [1.29, 1.82) is 0 Å². The molecule has 0 bridgehead atoms. The van der Waals surface area contributed by atoms with E-state index in [0.29, 0.717) is 6.42 Å². The molecule has 1 unspecified atom stereocenters. The molecule has 0 aromatic heterocycles. The highest BCUT2D eigenvalue weighted by molar-refractivity contribution is 5.75. The molecular weight excluding hydrogens is 247 g/mol. The first-order valence-electron chi connectivity index (χ1n) is 6.68. The van der Waals surface area contributed by atoms with Crippen LogP contribution in [0.5, 0.6) is 0 Å². The Labute approximate surface area is 112 Å². The van der Waals surface area contributed by atoms with Crippen LogP contribution in [0.1, 0.15) is 43.2 Å². The molecule has 0 radical (unpaired) electrons. The van der Waals surface area contributed by atoms with E-state index >= 15 is 0 Å². The van der Waals surface area contributed by atoms with Crippen molar-refractivity contribution in [2.75, 3.05) is 0 Å². The highest BCUT2D eigenvalue weighted by atomic mass is 19.1. The lowest BCUT2D eigenvalue weighted by atomic mass is 9.93. The molecule has 0 spiro atoms. The molecule has 1 aromatic carbocycles. The third-order valence-electron chi connectivity index (χ3n) is 4.02. The Bertz CT molecular complexity index is 472. The van der Waals surface area contributed by atoms with E-state index in [-0.39, 0.29) is 17.6 Å². The van der Waals surface area contributed by atoms with E-state index in [1.54, 1.807) is 12.1 Å². The lowest BCUT2D eigenvalue weighted by molar-refractivity contribution is -0.138. The summed E-state index contributed by atoms with van der Waals surface area (Å²) < 4.78 is 13.9. The van der Waals surface area contributed by atoms with E-state index in [2.05, 4.69) is 0 Å². The minimum absolute atomic E-state index is 0.196. The minimum Gasteiger partial charge on any atom is -0.481 e. The van der Waals surface area contributed by atoms with Crippen molar-refractivity contribution in [2.45, 2.75) is 44.6 Å². The second-order valence-corrected chi connectivity index (χ2v) is 5.38. The molecule has 0 saturated heterocycles. The predicted octanol–water partition coefficient (Wildman–Crippen LogP) is 2.72. The summed E-state index contributed by atoms with van der Waals surface area (Å²) in [6, 6.07) is 4.72. The highest BCUT2D eigenvalue weighted by Gasteiger charge is 2.26. The van der Waals surface area contributed by atoms with Crippen LogP contribution < -0.4 is 0 Å². The summed E-state index contributed by atoms with van der Waals surface area (Å²) in [5.41, 5.74) is 1.04. The van der Waals surface area contributed by atoms with Crippen molar-refractivity contribution < 1.29 is 19.4 Å². The average molecular weight is 266 g/mol. The lowest BCUT2D eigenvalue weighted by Gasteiger charge is -2.15. The van der Waals surface area contributed by atoms with Crippen LogP contribution in [-0.4, -0.2) is 22.3 Å². The summed E-state index contributed by atoms with van der Waals surface area (Å²) in [5, 5.41) is 18.7. The first kappa shape index (κ1) is 14.0. The Hall–Kier alpha value is -1.42. The summed E-state index contributed by atoms with van der Waals surface area (Å²) in [7, 11) is 0. The zero-order chi connectivity index (χ0) is 14.0. The second-order valence-electron chi connectivity index (χ2n) is 5.38. The molecule has 3 nitrogen and oxygen atoms in total. The van der Waals surface area contributed by atoms with Crippen LogP contribution >= 0.6 is 0 Å². The molecule has 1 fully saturated rings. The number of carboxylic acids is 1. The van der Waals surface area contributed by atoms with Gasteiger partial charge in [0.15, 0.2) is 0 Å². The lowest BCUT2D eigenvalue weighted by Crippen LogP contribution is -2.16. The SMILES string of the molecule is CC(C(=O)O)c1ccc(C[C@@H]2CCC[C@H]2O)cc1F. The number of benzene rings is 1. The summed E-state index contributed by atoms with van der Waals surface area (Å²) >= 11 is 0. The summed E-state index contributed by atoms with van der Waals surface area (Å²) in [4.78, 5) is 10.9. The number of carboxylic acid groups (broad SMARTS) is 1. The number of hydrogen-bond acceptors (Lipinski definition) is 2. The van der Waals surface area contributed by atoms with Crippen LogP contribution in [0.3, 0.4) is 0 Å². The van der Waals surface area contributed by atoms with Crippen LogP contribution in [0.25, 0.3) is 0 Å². The maximum absolute atomic E-state index is 13.9. The van der Waals surface area contributed by atoms with Crippen molar-refractivity contribution in [2.24, 2.45) is 5.92 Å². The van der Waals surface area contributed by atoms with E-state index < -0.39 is 17.7 Å². The Morgan fingerprint density at radius 1 is 1.47 bits per heavy atom. The third-order valence-corrected chi connectivity index (χ3v) is 4.02. The number of aliphatic hydroxyl groups excluding tert-OH is 1. The van der Waals surface area contributed by atoms with Gasteiger partial charge >= 0.3 is 5.97 Å². The Balaban J connectivity index is 2.12. The van der Waals surface area contributed by atoms with Gasteiger partial charge in [0.25, 0.3) is 0 Å². The van der Waals surface area contributed by atoms with Crippen molar-refractivity contribution in [3.05, 3.63) is 35.1 Å². The number of aliphatic carboxylic acids is 1. The molecule has 0 amide bonds. The average Bonchev–Trinajstić information content (AvgIpc) is 2.74. The van der Waals surface area contributed by atoms with Gasteiger partial charge in [0.2, 0.25) is 0 Å². The maximum atomic E-state index is 13.9. The molecule has 3 atom stereocenters. The van der Waals surface area contributed by atoms with Gasteiger partial charge in [0, 0.05) is 5.56 Å². The fraction of sp³-hybridized carbons (Fsp3) is 0.533. The van der Waals surface area contributed by atoms with Gasteiger partial charge in [-0.1, -0.05) is 18.6 Å². The Kier molecular flexibility index (Phi) is 4.20. The quantitative estimate of drug-likeness (QED) is 0.881. The van der Waals surface area contributed by atoms with E-state index in [0.717, 1.165) is 24.8 Å². The monoisotopic (exact) mass is 266 g/mol. The van der Waals surface area contributed by atoms with E-state index in [1.165, 1.54) is 13.0 Å². The van der Waals surface area contributed by atoms with Crippen LogP contribution in [0.15, 0.2) is 18.2 Å². The Morgan fingerprint density at radius 2 is 2.21 bits per heavy atom. The number of halogens is 1. The van der Waals surface area contributed by atoms with Gasteiger partial charge in [-0.2, -0.15) is 0 Å². The smallest absolute Gasteiger partial charge is 0.310 e. The normalized spacial score (nSPS) is 24.4. The van der Waals surface area contributed by atoms with Crippen LogP contribution in [0.4, 0.5) is 4.39 Å². The standard InChI is InChI=1S/C15H19FO3/c1-9(15(18)19)12-6-5-10(8-13(12)16)7-11-3-2-4-14(11)17/h5-6,8-9,11,14,17H,2-4,7H2,1H3,(H,18,19)/t9?,11-,14+/m0/s1. The predicted molar refractivity (Wildman–Crippen MR) is 69.5 cm³/mol. The first-order valence-corrected chi connectivity index (χ1v) is 6.68. The summed E-state index contributed by atoms with van der Waals surface area (Å²) in [6.45, 7) is 1.47. The molecule has 1 saturated carbocycles. The second kappa shape index (κ2) is 5.70. The van der Waals surface area contributed by atoms with Crippen LogP contribution in [-0.2, 0) is 11.2 Å². The van der Waals surface area contributed by atoms with Gasteiger partial charge in [0.1, 0.15) is 5.82 Å². The fourth-order valence-corrected chi connectivity index (χ4v) is 2.74. The van der Waals surface area contributed by atoms with Gasteiger partial charge in [-0.05, 0) is 43.7 Å². The molecule has 0 aliphatic heterocycles. The molecule has 2 rings (SSSR count). The van der Waals surface area contributed by atoms with Crippen molar-refractivity contribution in [3.8, 4) is 0 Å². The van der Waals surface area contributed by atoms with Crippen LogP contribution in [0, 0.1) is 11.7 Å². The van der Waals surface area contributed by atoms with Gasteiger partial charge in [0.05, 0.1) is 12.0 Å². The van der Waals surface area contributed by atoms with Crippen LogP contribution in [0.2, 0.25) is 0 Å². The molecule has 1 aliphatic carbocycles. The number of hydrogen-bond donors (Lipinski definition) is 2. The van der Waals surface area contributed by atoms with Gasteiger partial charge in [-0.15, -0.1) is 0 Å². The number of rotatable bonds is 4. The Morgan fingerprint density at radius 3 is 2.74 bits per heavy atom. The zero-order valence-electron chi connectivity index (χ0n) is 11.0. The molecule has 1 aliphatic rings. The molecule has 19 heavy (non-hydrogen) atoms. The molecular formula is C15H19FO3. The molecule has 2 N–H and O–H groups in total. The largest absolute Gasteiger partial charge is 0.481 e. The fourth-order valence-electron chi connectivity index (χ4n) is 2.74. The topological polar surface area (TPSA) is 57.5 Å². The number of carbonyl (C=O) groups is 1. The molecule has 104 valence electrons. The summed E-state index contributed by atoms with van der Waals surface area (Å²) in [5.74, 6) is -2.15. The van der Waals surface area contributed by atoms with Crippen molar-refractivity contribution in [1.82, 2.24) is 0 Å². The van der Waals surface area contributed by atoms with E-state index in [9.17, 15) is 14.3 Å². The van der Waals surface area contributed by atoms with E-state index in [1.807, 2.05) is 0 Å². The number of aliphatic hydroxyl groups is 1. The minimum atomic E-state index is -1.03. The van der Waals surface area contributed by atoms with Crippen molar-refractivity contribution >= 4 is 5.97 Å². The van der Waals surface area contributed by atoms with E-state index in [4.69, 9.17) is 5.11 Å². The highest BCUT2D eigenvalue weighted by Crippen LogP contribution is 2.29. The van der Waals surface area contributed by atoms with Gasteiger partial charge in [-0.25, -0.2) is 4.39 Å². The molecule has 0 heterocycles. The van der Waals surface area contributed by atoms with Gasteiger partial charge < -0.3 is 10.2 Å². The van der Waals surface area contributed by atoms with Gasteiger partial charge in [-0.3, -0.25) is 4.79 Å².